The van der Waals surface area contributed by atoms with Crippen LogP contribution in [0.25, 0.3) is 0 Å². The zero-order valence-corrected chi connectivity index (χ0v) is 18.3. The number of carbonyl (C=O) groups excluding carboxylic acids is 1. The minimum absolute atomic E-state index is 0.269. The maximum Gasteiger partial charge on any atom is 0.240 e. The summed E-state index contributed by atoms with van der Waals surface area (Å²) >= 11 is 0. The highest BCUT2D eigenvalue weighted by atomic mass is 32.2. The van der Waals surface area contributed by atoms with Crippen molar-refractivity contribution >= 4 is 21.6 Å². The van der Waals surface area contributed by atoms with Crippen molar-refractivity contribution in [3.05, 3.63) is 59.7 Å². The molecule has 0 bridgehead atoms. The molecule has 0 unspecified atom stereocenters. The minimum atomic E-state index is -3.61. The summed E-state index contributed by atoms with van der Waals surface area (Å²) in [4.78, 5) is 12.3. The van der Waals surface area contributed by atoms with Crippen molar-refractivity contribution in [3.8, 4) is 5.75 Å². The number of anilines is 1. The second-order valence-electron chi connectivity index (χ2n) is 7.32. The Morgan fingerprint density at radius 3 is 2.41 bits per heavy atom. The molecule has 0 atom stereocenters. The lowest BCUT2D eigenvalue weighted by Gasteiger charge is -2.22. The fourth-order valence-electron chi connectivity index (χ4n) is 2.94. The predicted octanol–water partition coefficient (Wildman–Crippen LogP) is 3.33. The fourth-order valence-corrected chi connectivity index (χ4v) is 3.79. The van der Waals surface area contributed by atoms with E-state index in [0.29, 0.717) is 23.9 Å². The molecule has 2 rings (SSSR count). The average Bonchev–Trinajstić information content (AvgIpc) is 2.69. The first-order chi connectivity index (χ1) is 13.7. The molecule has 0 saturated carbocycles. The van der Waals surface area contributed by atoms with Gasteiger partial charge in [0.15, 0.2) is 0 Å². The molecule has 0 radical (unpaired) electrons. The van der Waals surface area contributed by atoms with Crippen LogP contribution in [-0.4, -0.2) is 40.8 Å². The van der Waals surface area contributed by atoms with Crippen LogP contribution in [0.15, 0.2) is 48.5 Å². The van der Waals surface area contributed by atoms with E-state index in [-0.39, 0.29) is 12.5 Å². The van der Waals surface area contributed by atoms with E-state index >= 15 is 0 Å². The van der Waals surface area contributed by atoms with Crippen molar-refractivity contribution in [2.75, 3.05) is 30.8 Å². The fraction of sp³-hybridized carbons (Fsp3) is 0.409. The standard InChI is InChI=1S/C22H30N2O4S/c1-17(2)19-12-10-18(11-13-19)7-6-14-23-22(25)16-24(29(4,26)27)20-8-5-9-21(15-20)28-3/h5,8-13,15,17H,6-7,14,16H2,1-4H3,(H,23,25). The smallest absolute Gasteiger partial charge is 0.240 e. The Morgan fingerprint density at radius 2 is 1.83 bits per heavy atom. The molecule has 2 aromatic carbocycles. The highest BCUT2D eigenvalue weighted by Gasteiger charge is 2.21. The Balaban J connectivity index is 1.88. The molecule has 0 saturated heterocycles. The van der Waals surface area contributed by atoms with E-state index in [0.717, 1.165) is 23.4 Å². The first-order valence-electron chi connectivity index (χ1n) is 9.68. The Bertz CT molecular complexity index is 909. The number of rotatable bonds is 10. The van der Waals surface area contributed by atoms with Crippen molar-refractivity contribution in [3.63, 3.8) is 0 Å². The molecule has 0 aliphatic carbocycles. The molecule has 0 fully saturated rings. The van der Waals surface area contributed by atoms with E-state index in [4.69, 9.17) is 4.74 Å². The van der Waals surface area contributed by atoms with E-state index in [2.05, 4.69) is 43.4 Å². The molecule has 0 spiro atoms. The lowest BCUT2D eigenvalue weighted by molar-refractivity contribution is -0.119. The number of nitrogens with zero attached hydrogens (tertiary/aromatic N) is 1. The molecule has 1 amide bonds. The zero-order chi connectivity index (χ0) is 21.4. The lowest BCUT2D eigenvalue weighted by atomic mass is 10.0. The number of methoxy groups -OCH3 is 1. The van der Waals surface area contributed by atoms with Crippen LogP contribution in [0.2, 0.25) is 0 Å². The molecule has 1 N–H and O–H groups in total. The number of amides is 1. The summed E-state index contributed by atoms with van der Waals surface area (Å²) in [6.07, 6.45) is 2.72. The van der Waals surface area contributed by atoms with Crippen LogP contribution in [0.4, 0.5) is 5.69 Å². The third-order valence-electron chi connectivity index (χ3n) is 4.64. The molecular weight excluding hydrogens is 388 g/mol. The molecule has 2 aromatic rings. The summed E-state index contributed by atoms with van der Waals surface area (Å²) in [6.45, 7) is 4.54. The Labute approximate surface area is 173 Å². The van der Waals surface area contributed by atoms with Crippen LogP contribution in [0.5, 0.6) is 5.75 Å². The lowest BCUT2D eigenvalue weighted by Crippen LogP contribution is -2.40. The van der Waals surface area contributed by atoms with Crippen molar-refractivity contribution in [1.29, 1.82) is 0 Å². The van der Waals surface area contributed by atoms with Crippen LogP contribution in [0.1, 0.15) is 37.3 Å². The first-order valence-corrected chi connectivity index (χ1v) is 11.5. The van der Waals surface area contributed by atoms with Gasteiger partial charge in [-0.1, -0.05) is 44.2 Å². The van der Waals surface area contributed by atoms with E-state index in [9.17, 15) is 13.2 Å². The summed E-state index contributed by atoms with van der Waals surface area (Å²) in [5.74, 6) is 0.694. The second kappa shape index (κ2) is 10.3. The maximum atomic E-state index is 12.3. The van der Waals surface area contributed by atoms with Crippen molar-refractivity contribution in [1.82, 2.24) is 5.32 Å². The molecule has 0 aliphatic rings. The zero-order valence-electron chi connectivity index (χ0n) is 17.5. The van der Waals surface area contributed by atoms with Gasteiger partial charge in [0.1, 0.15) is 12.3 Å². The van der Waals surface area contributed by atoms with Gasteiger partial charge in [0.25, 0.3) is 0 Å². The van der Waals surface area contributed by atoms with E-state index in [1.807, 2.05) is 0 Å². The number of hydrogen-bond acceptors (Lipinski definition) is 4. The first kappa shape index (κ1) is 22.7. The third-order valence-corrected chi connectivity index (χ3v) is 5.78. The van der Waals surface area contributed by atoms with Gasteiger partial charge in [-0.25, -0.2) is 8.42 Å². The number of nitrogens with one attached hydrogen (secondary N) is 1. The number of sulfonamides is 1. The summed E-state index contributed by atoms with van der Waals surface area (Å²) in [6, 6.07) is 15.1. The minimum Gasteiger partial charge on any atom is -0.497 e. The Kier molecular flexibility index (Phi) is 8.08. The summed E-state index contributed by atoms with van der Waals surface area (Å²) in [5.41, 5.74) is 2.92. The van der Waals surface area contributed by atoms with Crippen LogP contribution < -0.4 is 14.4 Å². The average molecular weight is 419 g/mol. The maximum absolute atomic E-state index is 12.3. The predicted molar refractivity (Wildman–Crippen MR) is 117 cm³/mol. The highest BCUT2D eigenvalue weighted by molar-refractivity contribution is 7.92. The van der Waals surface area contributed by atoms with Gasteiger partial charge in [0.05, 0.1) is 19.1 Å². The van der Waals surface area contributed by atoms with Gasteiger partial charge in [0, 0.05) is 12.6 Å². The number of ether oxygens (including phenoxy) is 1. The van der Waals surface area contributed by atoms with Crippen LogP contribution in [0.3, 0.4) is 0 Å². The summed E-state index contributed by atoms with van der Waals surface area (Å²) in [7, 11) is -2.10. The molecule has 0 heterocycles. The Hall–Kier alpha value is -2.54. The molecule has 6 nitrogen and oxygen atoms in total. The second-order valence-corrected chi connectivity index (χ2v) is 9.23. The monoisotopic (exact) mass is 418 g/mol. The van der Waals surface area contributed by atoms with Crippen LogP contribution >= 0.6 is 0 Å². The molecule has 158 valence electrons. The molecular formula is C22H30N2O4S. The normalized spacial score (nSPS) is 11.3. The van der Waals surface area contributed by atoms with Crippen molar-refractivity contribution < 1.29 is 17.9 Å². The van der Waals surface area contributed by atoms with Crippen LogP contribution in [0, 0.1) is 0 Å². The van der Waals surface area contributed by atoms with Gasteiger partial charge < -0.3 is 10.1 Å². The number of carbonyl (C=O) groups is 1. The Morgan fingerprint density at radius 1 is 1.14 bits per heavy atom. The number of aryl methyl sites for hydroxylation is 1. The SMILES string of the molecule is COc1cccc(N(CC(=O)NCCCc2ccc(C(C)C)cc2)S(C)(=O)=O)c1. The van der Waals surface area contributed by atoms with E-state index in [1.165, 1.54) is 18.2 Å². The molecule has 7 heteroatoms. The van der Waals surface area contributed by atoms with Crippen LogP contribution in [-0.2, 0) is 21.2 Å². The summed E-state index contributed by atoms with van der Waals surface area (Å²) < 4.78 is 30.5. The van der Waals surface area contributed by atoms with Crippen molar-refractivity contribution in [2.24, 2.45) is 0 Å². The highest BCUT2D eigenvalue weighted by Crippen LogP contribution is 2.22. The molecule has 29 heavy (non-hydrogen) atoms. The largest absolute Gasteiger partial charge is 0.497 e. The number of benzene rings is 2. The van der Waals surface area contributed by atoms with Gasteiger partial charge in [-0.05, 0) is 42.0 Å². The van der Waals surface area contributed by atoms with E-state index in [1.54, 1.807) is 24.3 Å². The topological polar surface area (TPSA) is 75.7 Å². The van der Waals surface area contributed by atoms with Gasteiger partial charge in [-0.2, -0.15) is 0 Å². The van der Waals surface area contributed by atoms with Gasteiger partial charge in [-0.3, -0.25) is 9.10 Å². The molecule has 0 aliphatic heterocycles. The van der Waals surface area contributed by atoms with E-state index < -0.39 is 10.0 Å². The summed E-state index contributed by atoms with van der Waals surface area (Å²) in [5, 5.41) is 2.81. The number of hydrogen-bond donors (Lipinski definition) is 1. The van der Waals surface area contributed by atoms with Crippen molar-refractivity contribution in [2.45, 2.75) is 32.6 Å². The molecule has 0 aromatic heterocycles. The quantitative estimate of drug-likeness (QED) is 0.601. The van der Waals surface area contributed by atoms with Gasteiger partial charge >= 0.3 is 0 Å². The van der Waals surface area contributed by atoms with Gasteiger partial charge in [-0.15, -0.1) is 0 Å². The van der Waals surface area contributed by atoms with Gasteiger partial charge in [0.2, 0.25) is 15.9 Å². The third kappa shape index (κ3) is 7.09.